The second-order valence-corrected chi connectivity index (χ2v) is 3.59. The summed E-state index contributed by atoms with van der Waals surface area (Å²) in [5, 5.41) is 4.01. The molecule has 2 aromatic heterocycles. The van der Waals surface area contributed by atoms with Gasteiger partial charge in [0.15, 0.2) is 6.29 Å². The van der Waals surface area contributed by atoms with Crippen LogP contribution in [0.2, 0.25) is 0 Å². The molecule has 0 N–H and O–H groups in total. The second-order valence-electron chi connectivity index (χ2n) is 3.59. The Hall–Kier alpha value is -2.50. The van der Waals surface area contributed by atoms with Crippen molar-refractivity contribution in [2.45, 2.75) is 6.54 Å². The van der Waals surface area contributed by atoms with Gasteiger partial charge in [-0.2, -0.15) is 5.10 Å². The van der Waals surface area contributed by atoms with Gasteiger partial charge in [-0.25, -0.2) is 9.78 Å². The van der Waals surface area contributed by atoms with E-state index >= 15 is 0 Å². The van der Waals surface area contributed by atoms with Crippen LogP contribution in [0.1, 0.15) is 26.5 Å². The third-order valence-electron chi connectivity index (χ3n) is 2.31. The quantitative estimate of drug-likeness (QED) is 0.591. The first kappa shape index (κ1) is 12.0. The molecule has 2 heterocycles. The van der Waals surface area contributed by atoms with Gasteiger partial charge in [0, 0.05) is 6.20 Å². The fourth-order valence-corrected chi connectivity index (χ4v) is 1.48. The second kappa shape index (κ2) is 5.22. The zero-order chi connectivity index (χ0) is 13.0. The van der Waals surface area contributed by atoms with Gasteiger partial charge in [-0.15, -0.1) is 0 Å². The van der Waals surface area contributed by atoms with Gasteiger partial charge < -0.3 is 4.74 Å². The van der Waals surface area contributed by atoms with E-state index in [1.54, 1.807) is 29.1 Å². The van der Waals surface area contributed by atoms with E-state index < -0.39 is 5.97 Å². The standard InChI is InChI=1S/C12H11N3O3/c1-18-12(17)11-4-2-3-10(14-11)7-15-6-9(8-16)5-13-15/h2-6,8H,7H2,1H3. The molecule has 2 aromatic rings. The van der Waals surface area contributed by atoms with E-state index in [0.29, 0.717) is 17.8 Å². The van der Waals surface area contributed by atoms with Gasteiger partial charge in [0.05, 0.1) is 31.1 Å². The molecule has 0 amide bonds. The molecule has 0 spiro atoms. The number of methoxy groups -OCH3 is 1. The van der Waals surface area contributed by atoms with E-state index in [9.17, 15) is 9.59 Å². The van der Waals surface area contributed by atoms with Crippen molar-refractivity contribution in [3.63, 3.8) is 0 Å². The van der Waals surface area contributed by atoms with Crippen LogP contribution in [0.3, 0.4) is 0 Å². The number of carbonyl (C=O) groups is 2. The van der Waals surface area contributed by atoms with E-state index in [4.69, 9.17) is 0 Å². The molecule has 18 heavy (non-hydrogen) atoms. The molecule has 0 radical (unpaired) electrons. The van der Waals surface area contributed by atoms with Crippen molar-refractivity contribution in [2.24, 2.45) is 0 Å². The number of rotatable bonds is 4. The lowest BCUT2D eigenvalue weighted by Gasteiger charge is -2.03. The van der Waals surface area contributed by atoms with Crippen LogP contribution in [-0.4, -0.2) is 34.1 Å². The Morgan fingerprint density at radius 3 is 3.00 bits per heavy atom. The van der Waals surface area contributed by atoms with Crippen molar-refractivity contribution in [3.05, 3.63) is 47.5 Å². The maximum absolute atomic E-state index is 11.3. The highest BCUT2D eigenvalue weighted by atomic mass is 16.5. The fraction of sp³-hybridized carbons (Fsp3) is 0.167. The van der Waals surface area contributed by atoms with Crippen LogP contribution in [-0.2, 0) is 11.3 Å². The number of hydrogen-bond donors (Lipinski definition) is 0. The predicted molar refractivity (Wildman–Crippen MR) is 62.3 cm³/mol. The molecule has 6 nitrogen and oxygen atoms in total. The van der Waals surface area contributed by atoms with E-state index in [0.717, 1.165) is 6.29 Å². The van der Waals surface area contributed by atoms with Crippen LogP contribution < -0.4 is 0 Å². The Morgan fingerprint density at radius 2 is 2.33 bits per heavy atom. The first-order chi connectivity index (χ1) is 8.72. The molecule has 0 saturated heterocycles. The van der Waals surface area contributed by atoms with Crippen molar-refractivity contribution in [1.29, 1.82) is 0 Å². The van der Waals surface area contributed by atoms with E-state index in [-0.39, 0.29) is 5.69 Å². The Kier molecular flexibility index (Phi) is 3.47. The normalized spacial score (nSPS) is 10.1. The molecule has 0 aliphatic rings. The van der Waals surface area contributed by atoms with Crippen LogP contribution in [0.25, 0.3) is 0 Å². The lowest BCUT2D eigenvalue weighted by atomic mass is 10.3. The molecule has 0 bridgehead atoms. The Bertz CT molecular complexity index is 577. The van der Waals surface area contributed by atoms with E-state index in [2.05, 4.69) is 14.8 Å². The SMILES string of the molecule is COC(=O)c1cccc(Cn2cc(C=O)cn2)n1. The summed E-state index contributed by atoms with van der Waals surface area (Å²) < 4.78 is 6.17. The Morgan fingerprint density at radius 1 is 1.50 bits per heavy atom. The van der Waals surface area contributed by atoms with Crippen molar-refractivity contribution in [3.8, 4) is 0 Å². The predicted octanol–water partition coefficient (Wildman–Crippen LogP) is 0.925. The average molecular weight is 245 g/mol. The highest BCUT2D eigenvalue weighted by Gasteiger charge is 2.08. The molecule has 0 fully saturated rings. The topological polar surface area (TPSA) is 74.1 Å². The minimum absolute atomic E-state index is 0.248. The number of nitrogens with zero attached hydrogens (tertiary/aromatic N) is 3. The number of aromatic nitrogens is 3. The number of esters is 1. The fourth-order valence-electron chi connectivity index (χ4n) is 1.48. The van der Waals surface area contributed by atoms with Crippen LogP contribution in [0.5, 0.6) is 0 Å². The first-order valence-corrected chi connectivity index (χ1v) is 5.25. The molecule has 0 aliphatic carbocycles. The molecule has 0 unspecified atom stereocenters. The minimum Gasteiger partial charge on any atom is -0.464 e. The van der Waals surface area contributed by atoms with Crippen LogP contribution in [0.4, 0.5) is 0 Å². The van der Waals surface area contributed by atoms with Crippen molar-refractivity contribution >= 4 is 12.3 Å². The molecule has 0 atom stereocenters. The Labute approximate surface area is 103 Å². The van der Waals surface area contributed by atoms with Crippen LogP contribution in [0, 0.1) is 0 Å². The summed E-state index contributed by atoms with van der Waals surface area (Å²) in [5.41, 5.74) is 1.41. The maximum Gasteiger partial charge on any atom is 0.356 e. The summed E-state index contributed by atoms with van der Waals surface area (Å²) in [6, 6.07) is 5.07. The van der Waals surface area contributed by atoms with Crippen molar-refractivity contribution < 1.29 is 14.3 Å². The van der Waals surface area contributed by atoms with Crippen LogP contribution >= 0.6 is 0 Å². The van der Waals surface area contributed by atoms with Crippen molar-refractivity contribution in [2.75, 3.05) is 7.11 Å². The summed E-state index contributed by atoms with van der Waals surface area (Å²) in [5.74, 6) is -0.481. The third-order valence-corrected chi connectivity index (χ3v) is 2.31. The van der Waals surface area contributed by atoms with Gasteiger partial charge in [0.2, 0.25) is 0 Å². The third kappa shape index (κ3) is 2.60. The maximum atomic E-state index is 11.3. The van der Waals surface area contributed by atoms with E-state index in [1.807, 2.05) is 0 Å². The number of aldehydes is 1. The van der Waals surface area contributed by atoms with Crippen LogP contribution in [0.15, 0.2) is 30.6 Å². The van der Waals surface area contributed by atoms with Gasteiger partial charge >= 0.3 is 5.97 Å². The smallest absolute Gasteiger partial charge is 0.356 e. The zero-order valence-corrected chi connectivity index (χ0v) is 9.74. The minimum atomic E-state index is -0.481. The summed E-state index contributed by atoms with van der Waals surface area (Å²) in [4.78, 5) is 26.0. The van der Waals surface area contributed by atoms with Gasteiger partial charge in [-0.3, -0.25) is 9.48 Å². The monoisotopic (exact) mass is 245 g/mol. The van der Waals surface area contributed by atoms with Gasteiger partial charge in [0.1, 0.15) is 5.69 Å². The molecule has 0 saturated carbocycles. The number of carbonyl (C=O) groups excluding carboxylic acids is 2. The molecule has 2 rings (SSSR count). The summed E-state index contributed by atoms with van der Waals surface area (Å²) in [7, 11) is 1.31. The van der Waals surface area contributed by atoms with Gasteiger partial charge in [-0.1, -0.05) is 6.07 Å². The molecular weight excluding hydrogens is 234 g/mol. The highest BCUT2D eigenvalue weighted by molar-refractivity contribution is 5.87. The first-order valence-electron chi connectivity index (χ1n) is 5.25. The number of pyridine rings is 1. The summed E-state index contributed by atoms with van der Waals surface area (Å²) >= 11 is 0. The molecule has 92 valence electrons. The molecular formula is C12H11N3O3. The molecule has 0 aromatic carbocycles. The molecule has 6 heteroatoms. The Balaban J connectivity index is 2.18. The van der Waals surface area contributed by atoms with Gasteiger partial charge in [-0.05, 0) is 12.1 Å². The lowest BCUT2D eigenvalue weighted by molar-refractivity contribution is 0.0593. The highest BCUT2D eigenvalue weighted by Crippen LogP contribution is 2.04. The summed E-state index contributed by atoms with van der Waals surface area (Å²) in [6.45, 7) is 0.388. The number of ether oxygens (including phenoxy) is 1. The lowest BCUT2D eigenvalue weighted by Crippen LogP contribution is -2.08. The summed E-state index contributed by atoms with van der Waals surface area (Å²) in [6.07, 6.45) is 3.80. The van der Waals surface area contributed by atoms with Crippen molar-refractivity contribution in [1.82, 2.24) is 14.8 Å². The van der Waals surface area contributed by atoms with Gasteiger partial charge in [0.25, 0.3) is 0 Å². The molecule has 0 aliphatic heterocycles. The largest absolute Gasteiger partial charge is 0.464 e. The average Bonchev–Trinajstić information content (AvgIpc) is 2.86. The van der Waals surface area contributed by atoms with E-state index in [1.165, 1.54) is 13.3 Å². The number of hydrogen-bond acceptors (Lipinski definition) is 5. The zero-order valence-electron chi connectivity index (χ0n) is 9.74.